The van der Waals surface area contributed by atoms with Crippen LogP contribution in [0.4, 0.5) is 0 Å². The third-order valence-corrected chi connectivity index (χ3v) is 3.52. The number of aliphatic carboxylic acids is 1. The Morgan fingerprint density at radius 2 is 2.00 bits per heavy atom. The molecule has 1 amide bonds. The number of aromatic nitrogens is 1. The molecule has 1 aromatic rings. The van der Waals surface area contributed by atoms with Gasteiger partial charge in [-0.2, -0.15) is 0 Å². The Labute approximate surface area is 116 Å². The molecule has 1 N–H and O–H groups in total. The van der Waals surface area contributed by atoms with Crippen LogP contribution in [-0.2, 0) is 20.9 Å². The van der Waals surface area contributed by atoms with Crippen LogP contribution in [0.3, 0.4) is 0 Å². The molecule has 1 aromatic heterocycles. The quantitative estimate of drug-likeness (QED) is 0.881. The first-order valence-corrected chi connectivity index (χ1v) is 6.45. The van der Waals surface area contributed by atoms with Crippen molar-refractivity contribution in [2.75, 3.05) is 7.05 Å². The third-order valence-electron chi connectivity index (χ3n) is 3.52. The summed E-state index contributed by atoms with van der Waals surface area (Å²) in [4.78, 5) is 24.5. The normalized spacial score (nSPS) is 21.9. The number of carbonyl (C=O) groups excluding carboxylic acids is 1. The minimum Gasteiger partial charge on any atom is -0.479 e. The average molecular weight is 282 g/mol. The molecule has 2 atom stereocenters. The Balaban J connectivity index is 1.98. The summed E-state index contributed by atoms with van der Waals surface area (Å²) < 4.78 is 10.3. The van der Waals surface area contributed by atoms with Gasteiger partial charge in [0.05, 0.1) is 12.2 Å². The zero-order valence-electron chi connectivity index (χ0n) is 11.8. The Bertz CT molecular complexity index is 505. The van der Waals surface area contributed by atoms with Crippen LogP contribution < -0.4 is 0 Å². The van der Waals surface area contributed by atoms with E-state index in [0.29, 0.717) is 25.1 Å². The van der Waals surface area contributed by atoms with Crippen molar-refractivity contribution in [3.8, 4) is 0 Å². The van der Waals surface area contributed by atoms with Crippen molar-refractivity contribution in [1.82, 2.24) is 10.1 Å². The lowest BCUT2D eigenvalue weighted by atomic mass is 10.1. The summed E-state index contributed by atoms with van der Waals surface area (Å²) in [6.07, 6.45) is -0.759. The fraction of sp³-hybridized carbons (Fsp3) is 0.615. The van der Waals surface area contributed by atoms with Gasteiger partial charge >= 0.3 is 5.97 Å². The number of carboxylic acid groups (broad SMARTS) is 1. The van der Waals surface area contributed by atoms with Crippen LogP contribution in [0.15, 0.2) is 4.52 Å². The highest BCUT2D eigenvalue weighted by Crippen LogP contribution is 2.22. The molecule has 2 heterocycles. The summed E-state index contributed by atoms with van der Waals surface area (Å²) in [5.74, 6) is -0.555. The summed E-state index contributed by atoms with van der Waals surface area (Å²) in [5.41, 5.74) is 1.62. The molecule has 0 bridgehead atoms. The Morgan fingerprint density at radius 1 is 1.35 bits per heavy atom. The van der Waals surface area contributed by atoms with E-state index in [-0.39, 0.29) is 5.91 Å². The van der Waals surface area contributed by atoms with E-state index in [1.165, 1.54) is 4.90 Å². The molecule has 2 rings (SSSR count). The van der Waals surface area contributed by atoms with Gasteiger partial charge in [-0.3, -0.25) is 4.79 Å². The standard InChI is InChI=1S/C13H18N2O5/c1-7-9(8(2)20-14-7)6-15(3)12(16)10-4-5-11(19-10)13(17)18/h10-11H,4-6H2,1-3H3,(H,17,18)/t10-,11+/m0/s1. The summed E-state index contributed by atoms with van der Waals surface area (Å²) >= 11 is 0. The van der Waals surface area contributed by atoms with Crippen LogP contribution in [0.5, 0.6) is 0 Å². The Hall–Kier alpha value is -1.89. The number of rotatable bonds is 4. The van der Waals surface area contributed by atoms with Crippen LogP contribution in [0.25, 0.3) is 0 Å². The van der Waals surface area contributed by atoms with Gasteiger partial charge in [0, 0.05) is 12.6 Å². The SMILES string of the molecule is Cc1noc(C)c1CN(C)C(=O)[C@@H]1CC[C@H](C(=O)O)O1. The van der Waals surface area contributed by atoms with Crippen molar-refractivity contribution in [3.63, 3.8) is 0 Å². The zero-order valence-corrected chi connectivity index (χ0v) is 11.8. The number of nitrogens with zero attached hydrogens (tertiary/aromatic N) is 2. The number of carbonyl (C=O) groups is 2. The van der Waals surface area contributed by atoms with Crippen LogP contribution in [0, 0.1) is 13.8 Å². The summed E-state index contributed by atoms with van der Waals surface area (Å²) in [6, 6.07) is 0. The van der Waals surface area contributed by atoms with Gasteiger partial charge in [-0.25, -0.2) is 4.79 Å². The van der Waals surface area contributed by atoms with Gasteiger partial charge in [0.2, 0.25) is 0 Å². The molecule has 0 aromatic carbocycles. The number of amides is 1. The maximum Gasteiger partial charge on any atom is 0.332 e. The molecule has 1 saturated heterocycles. The first-order chi connectivity index (χ1) is 9.40. The highest BCUT2D eigenvalue weighted by Gasteiger charge is 2.36. The molecule has 110 valence electrons. The second kappa shape index (κ2) is 5.62. The first-order valence-electron chi connectivity index (χ1n) is 6.45. The minimum atomic E-state index is -1.02. The lowest BCUT2D eigenvalue weighted by Gasteiger charge is -2.20. The highest BCUT2D eigenvalue weighted by atomic mass is 16.5. The molecular weight excluding hydrogens is 264 g/mol. The molecule has 1 aliphatic heterocycles. The molecule has 0 aliphatic carbocycles. The number of aryl methyl sites for hydroxylation is 2. The monoisotopic (exact) mass is 282 g/mol. The van der Waals surface area contributed by atoms with E-state index in [4.69, 9.17) is 14.4 Å². The van der Waals surface area contributed by atoms with Crippen molar-refractivity contribution in [3.05, 3.63) is 17.0 Å². The topological polar surface area (TPSA) is 92.9 Å². The fourth-order valence-electron chi connectivity index (χ4n) is 2.29. The predicted molar refractivity (Wildman–Crippen MR) is 68.0 cm³/mol. The number of hydrogen-bond donors (Lipinski definition) is 1. The maximum atomic E-state index is 12.2. The molecule has 1 aliphatic rings. The minimum absolute atomic E-state index is 0.214. The highest BCUT2D eigenvalue weighted by molar-refractivity contribution is 5.82. The summed E-state index contributed by atoms with van der Waals surface area (Å²) in [5, 5.41) is 12.7. The third kappa shape index (κ3) is 2.82. The van der Waals surface area contributed by atoms with Gasteiger partial charge in [-0.15, -0.1) is 0 Å². The lowest BCUT2D eigenvalue weighted by molar-refractivity contribution is -0.154. The molecule has 0 radical (unpaired) electrons. The smallest absolute Gasteiger partial charge is 0.332 e. The van der Waals surface area contributed by atoms with Gasteiger partial charge in [0.1, 0.15) is 11.9 Å². The second-order valence-corrected chi connectivity index (χ2v) is 5.03. The van der Waals surface area contributed by atoms with E-state index < -0.39 is 18.2 Å². The number of ether oxygens (including phenoxy) is 1. The Morgan fingerprint density at radius 3 is 2.50 bits per heavy atom. The number of hydrogen-bond acceptors (Lipinski definition) is 5. The largest absolute Gasteiger partial charge is 0.479 e. The molecule has 20 heavy (non-hydrogen) atoms. The molecular formula is C13H18N2O5. The van der Waals surface area contributed by atoms with Crippen molar-refractivity contribution in [2.24, 2.45) is 0 Å². The lowest BCUT2D eigenvalue weighted by Crippen LogP contribution is -2.37. The van der Waals surface area contributed by atoms with Gasteiger partial charge in [0.25, 0.3) is 5.91 Å². The van der Waals surface area contributed by atoms with Gasteiger partial charge in [-0.05, 0) is 26.7 Å². The molecule has 0 saturated carbocycles. The van der Waals surface area contributed by atoms with E-state index in [9.17, 15) is 9.59 Å². The van der Waals surface area contributed by atoms with Crippen LogP contribution >= 0.6 is 0 Å². The van der Waals surface area contributed by atoms with E-state index in [2.05, 4.69) is 5.16 Å². The number of likely N-dealkylation sites (N-methyl/N-ethyl adjacent to an activating group) is 1. The number of carboxylic acids is 1. The molecule has 0 unspecified atom stereocenters. The van der Waals surface area contributed by atoms with Crippen LogP contribution in [0.2, 0.25) is 0 Å². The van der Waals surface area contributed by atoms with Crippen molar-refractivity contribution < 1.29 is 24.0 Å². The predicted octanol–water partition coefficient (Wildman–Crippen LogP) is 0.882. The summed E-state index contributed by atoms with van der Waals surface area (Å²) in [7, 11) is 1.66. The van der Waals surface area contributed by atoms with Gasteiger partial charge < -0.3 is 19.3 Å². The second-order valence-electron chi connectivity index (χ2n) is 5.03. The van der Waals surface area contributed by atoms with E-state index in [0.717, 1.165) is 11.3 Å². The Kier molecular flexibility index (Phi) is 4.08. The van der Waals surface area contributed by atoms with Crippen molar-refractivity contribution in [1.29, 1.82) is 0 Å². The fourth-order valence-corrected chi connectivity index (χ4v) is 2.29. The average Bonchev–Trinajstić information content (AvgIpc) is 3.00. The van der Waals surface area contributed by atoms with Crippen LogP contribution in [0.1, 0.15) is 29.9 Å². The van der Waals surface area contributed by atoms with Gasteiger partial charge in [-0.1, -0.05) is 5.16 Å². The summed E-state index contributed by atoms with van der Waals surface area (Å²) in [6.45, 7) is 3.98. The van der Waals surface area contributed by atoms with Crippen molar-refractivity contribution in [2.45, 2.75) is 45.4 Å². The van der Waals surface area contributed by atoms with E-state index in [1.807, 2.05) is 6.92 Å². The zero-order chi connectivity index (χ0) is 14.9. The van der Waals surface area contributed by atoms with E-state index >= 15 is 0 Å². The van der Waals surface area contributed by atoms with Crippen molar-refractivity contribution >= 4 is 11.9 Å². The first kappa shape index (κ1) is 14.5. The van der Waals surface area contributed by atoms with E-state index in [1.54, 1.807) is 14.0 Å². The molecule has 7 nitrogen and oxygen atoms in total. The van der Waals surface area contributed by atoms with Crippen LogP contribution in [-0.4, -0.2) is 46.3 Å². The molecule has 0 spiro atoms. The van der Waals surface area contributed by atoms with Gasteiger partial charge in [0.15, 0.2) is 6.10 Å². The maximum absolute atomic E-state index is 12.2. The molecule has 7 heteroatoms. The molecule has 1 fully saturated rings.